The summed E-state index contributed by atoms with van der Waals surface area (Å²) in [6.45, 7) is 0. The van der Waals surface area contributed by atoms with Crippen molar-refractivity contribution in [2.24, 2.45) is 0 Å². The van der Waals surface area contributed by atoms with Crippen LogP contribution in [0, 0.1) is 0 Å². The van der Waals surface area contributed by atoms with Gasteiger partial charge < -0.3 is 11.1 Å². The first-order valence-corrected chi connectivity index (χ1v) is 6.81. The second-order valence-electron chi connectivity index (χ2n) is 4.58. The molecule has 0 spiro atoms. The van der Waals surface area contributed by atoms with E-state index in [2.05, 4.69) is 21.2 Å². The van der Waals surface area contributed by atoms with Crippen molar-refractivity contribution in [2.75, 3.05) is 5.73 Å². The maximum absolute atomic E-state index is 12.0. The molecular weight excluding hydrogens is 280 g/mol. The number of amides is 1. The summed E-state index contributed by atoms with van der Waals surface area (Å²) in [4.78, 5) is 12.0. The van der Waals surface area contributed by atoms with E-state index in [4.69, 9.17) is 5.73 Å². The normalized spacial score (nSPS) is 16.8. The lowest BCUT2D eigenvalue weighted by Crippen LogP contribution is -2.36. The Labute approximate surface area is 110 Å². The third-order valence-electron chi connectivity index (χ3n) is 3.12. The summed E-state index contributed by atoms with van der Waals surface area (Å²) in [5, 5.41) is 3.07. The first kappa shape index (κ1) is 12.4. The maximum Gasteiger partial charge on any atom is 0.251 e. The fraction of sp³-hybridized carbons (Fsp3) is 0.462. The molecule has 3 nitrogen and oxygen atoms in total. The number of nitrogen functional groups attached to an aromatic ring is 1. The number of nitrogens with one attached hydrogen (secondary N) is 1. The first-order chi connectivity index (χ1) is 8.15. The molecule has 92 valence electrons. The second-order valence-corrected chi connectivity index (χ2v) is 5.50. The largest absolute Gasteiger partial charge is 0.399 e. The lowest BCUT2D eigenvalue weighted by molar-refractivity contribution is 0.0927. The lowest BCUT2D eigenvalue weighted by atomic mass is 9.95. The zero-order chi connectivity index (χ0) is 12.3. The molecule has 0 atom stereocenters. The SMILES string of the molecule is Nc1cc(Br)cc(C(=O)NC2CCCCC2)c1. The van der Waals surface area contributed by atoms with Crippen molar-refractivity contribution in [3.05, 3.63) is 28.2 Å². The fourth-order valence-electron chi connectivity index (χ4n) is 2.26. The molecule has 1 saturated carbocycles. The van der Waals surface area contributed by atoms with E-state index in [1.54, 1.807) is 18.2 Å². The summed E-state index contributed by atoms with van der Waals surface area (Å²) >= 11 is 3.35. The van der Waals surface area contributed by atoms with Gasteiger partial charge >= 0.3 is 0 Å². The lowest BCUT2D eigenvalue weighted by Gasteiger charge is -2.22. The minimum atomic E-state index is -0.0232. The molecule has 1 aliphatic carbocycles. The Balaban J connectivity index is 2.03. The molecule has 1 aromatic carbocycles. The monoisotopic (exact) mass is 296 g/mol. The van der Waals surface area contributed by atoms with Gasteiger partial charge in [0.2, 0.25) is 0 Å². The number of anilines is 1. The van der Waals surface area contributed by atoms with Crippen LogP contribution < -0.4 is 11.1 Å². The molecule has 0 unspecified atom stereocenters. The highest BCUT2D eigenvalue weighted by Gasteiger charge is 2.16. The van der Waals surface area contributed by atoms with Gasteiger partial charge in [-0.25, -0.2) is 0 Å². The highest BCUT2D eigenvalue weighted by atomic mass is 79.9. The molecule has 0 aromatic heterocycles. The van der Waals surface area contributed by atoms with Crippen LogP contribution in [0.3, 0.4) is 0 Å². The number of rotatable bonds is 2. The molecule has 1 fully saturated rings. The Kier molecular flexibility index (Phi) is 4.05. The Hall–Kier alpha value is -1.03. The number of nitrogens with two attached hydrogens (primary N) is 1. The van der Waals surface area contributed by atoms with Crippen molar-refractivity contribution >= 4 is 27.5 Å². The zero-order valence-electron chi connectivity index (χ0n) is 9.71. The highest BCUT2D eigenvalue weighted by molar-refractivity contribution is 9.10. The highest BCUT2D eigenvalue weighted by Crippen LogP contribution is 2.20. The predicted molar refractivity (Wildman–Crippen MR) is 72.9 cm³/mol. The summed E-state index contributed by atoms with van der Waals surface area (Å²) in [5.41, 5.74) is 6.95. The third-order valence-corrected chi connectivity index (χ3v) is 3.58. The topological polar surface area (TPSA) is 55.1 Å². The number of hydrogen-bond acceptors (Lipinski definition) is 2. The van der Waals surface area contributed by atoms with Gasteiger partial charge in [0.15, 0.2) is 0 Å². The number of hydrogen-bond donors (Lipinski definition) is 2. The van der Waals surface area contributed by atoms with Crippen LogP contribution in [0.15, 0.2) is 22.7 Å². The standard InChI is InChI=1S/C13H17BrN2O/c14-10-6-9(7-11(15)8-10)13(17)16-12-4-2-1-3-5-12/h6-8,12H,1-5,15H2,(H,16,17). The van der Waals surface area contributed by atoms with Crippen LogP contribution in [0.25, 0.3) is 0 Å². The Bertz CT molecular complexity index is 394. The van der Waals surface area contributed by atoms with E-state index in [1.807, 2.05) is 0 Å². The van der Waals surface area contributed by atoms with Gasteiger partial charge in [-0.3, -0.25) is 4.79 Å². The number of benzene rings is 1. The van der Waals surface area contributed by atoms with E-state index in [9.17, 15) is 4.79 Å². The van der Waals surface area contributed by atoms with E-state index in [-0.39, 0.29) is 5.91 Å². The molecule has 0 heterocycles. The summed E-state index contributed by atoms with van der Waals surface area (Å²) in [7, 11) is 0. The van der Waals surface area contributed by atoms with E-state index in [0.717, 1.165) is 17.3 Å². The first-order valence-electron chi connectivity index (χ1n) is 6.02. The van der Waals surface area contributed by atoms with Gasteiger partial charge in [-0.2, -0.15) is 0 Å². The van der Waals surface area contributed by atoms with Gasteiger partial charge in [-0.05, 0) is 31.0 Å². The molecule has 4 heteroatoms. The quantitative estimate of drug-likeness (QED) is 0.824. The fourth-order valence-corrected chi connectivity index (χ4v) is 2.77. The van der Waals surface area contributed by atoms with Crippen molar-refractivity contribution in [3.63, 3.8) is 0 Å². The summed E-state index contributed by atoms with van der Waals surface area (Å²) in [6.07, 6.45) is 5.90. The Morgan fingerprint density at radius 2 is 1.94 bits per heavy atom. The minimum Gasteiger partial charge on any atom is -0.399 e. The van der Waals surface area contributed by atoms with Crippen molar-refractivity contribution in [2.45, 2.75) is 38.1 Å². The Morgan fingerprint density at radius 1 is 1.24 bits per heavy atom. The van der Waals surface area contributed by atoms with Gasteiger partial charge in [0, 0.05) is 21.8 Å². The van der Waals surface area contributed by atoms with Crippen LogP contribution in [0.5, 0.6) is 0 Å². The summed E-state index contributed by atoms with van der Waals surface area (Å²) in [6, 6.07) is 5.63. The van der Waals surface area contributed by atoms with Crippen LogP contribution in [-0.4, -0.2) is 11.9 Å². The summed E-state index contributed by atoms with van der Waals surface area (Å²) in [5.74, 6) is -0.0232. The number of halogens is 1. The molecule has 1 amide bonds. The van der Waals surface area contributed by atoms with Gasteiger partial charge in [0.1, 0.15) is 0 Å². The zero-order valence-corrected chi connectivity index (χ0v) is 11.3. The molecule has 17 heavy (non-hydrogen) atoms. The molecule has 0 saturated heterocycles. The van der Waals surface area contributed by atoms with Crippen LogP contribution in [0.2, 0.25) is 0 Å². The van der Waals surface area contributed by atoms with Crippen LogP contribution in [0.4, 0.5) is 5.69 Å². The smallest absolute Gasteiger partial charge is 0.251 e. The second kappa shape index (κ2) is 5.54. The van der Waals surface area contributed by atoms with E-state index < -0.39 is 0 Å². The molecule has 2 rings (SSSR count). The number of carbonyl (C=O) groups is 1. The predicted octanol–water partition coefficient (Wildman–Crippen LogP) is 3.09. The van der Waals surface area contributed by atoms with Gasteiger partial charge in [-0.1, -0.05) is 35.2 Å². The Morgan fingerprint density at radius 3 is 2.59 bits per heavy atom. The summed E-state index contributed by atoms with van der Waals surface area (Å²) < 4.78 is 0.839. The number of carbonyl (C=O) groups excluding carboxylic acids is 1. The van der Waals surface area contributed by atoms with Gasteiger partial charge in [-0.15, -0.1) is 0 Å². The van der Waals surface area contributed by atoms with Crippen molar-refractivity contribution in [3.8, 4) is 0 Å². The van der Waals surface area contributed by atoms with Crippen LogP contribution >= 0.6 is 15.9 Å². The van der Waals surface area contributed by atoms with Crippen molar-refractivity contribution in [1.82, 2.24) is 5.32 Å². The molecule has 0 radical (unpaired) electrons. The van der Waals surface area contributed by atoms with E-state index >= 15 is 0 Å². The third kappa shape index (κ3) is 3.46. The molecule has 0 bridgehead atoms. The average Bonchev–Trinajstić information content (AvgIpc) is 2.29. The average molecular weight is 297 g/mol. The van der Waals surface area contributed by atoms with Crippen molar-refractivity contribution in [1.29, 1.82) is 0 Å². The van der Waals surface area contributed by atoms with Gasteiger partial charge in [0.05, 0.1) is 0 Å². The molecule has 0 aliphatic heterocycles. The van der Waals surface area contributed by atoms with Crippen LogP contribution in [0.1, 0.15) is 42.5 Å². The molecule has 1 aliphatic rings. The minimum absolute atomic E-state index is 0.0232. The van der Waals surface area contributed by atoms with Crippen molar-refractivity contribution < 1.29 is 4.79 Å². The maximum atomic E-state index is 12.0. The van der Waals surface area contributed by atoms with E-state index in [0.29, 0.717) is 17.3 Å². The molecule has 1 aromatic rings. The van der Waals surface area contributed by atoms with E-state index in [1.165, 1.54) is 19.3 Å². The molecule has 3 N–H and O–H groups in total. The van der Waals surface area contributed by atoms with Crippen LogP contribution in [-0.2, 0) is 0 Å². The van der Waals surface area contributed by atoms with Gasteiger partial charge in [0.25, 0.3) is 5.91 Å². The molecular formula is C13H17BrN2O.